The van der Waals surface area contributed by atoms with Gasteiger partial charge >= 0.3 is 0 Å². The van der Waals surface area contributed by atoms with Crippen molar-refractivity contribution in [2.45, 2.75) is 38.6 Å². The SMILES string of the molecule is CC1CCC(NC(=O)c2cc(F)cnc2Cl)CC1. The summed E-state index contributed by atoms with van der Waals surface area (Å²) in [5.41, 5.74) is 0.107. The molecule has 1 amide bonds. The van der Waals surface area contributed by atoms with Crippen molar-refractivity contribution in [3.05, 3.63) is 28.8 Å². The highest BCUT2D eigenvalue weighted by atomic mass is 35.5. The predicted octanol–water partition coefficient (Wildman–Crippen LogP) is 3.18. The van der Waals surface area contributed by atoms with Gasteiger partial charge in [0.05, 0.1) is 11.8 Å². The van der Waals surface area contributed by atoms with E-state index in [9.17, 15) is 9.18 Å². The number of hydrogen-bond acceptors (Lipinski definition) is 2. The Balaban J connectivity index is 2.01. The first kappa shape index (κ1) is 13.3. The molecule has 18 heavy (non-hydrogen) atoms. The van der Waals surface area contributed by atoms with Gasteiger partial charge in [-0.1, -0.05) is 18.5 Å². The maximum Gasteiger partial charge on any atom is 0.254 e. The first-order valence-corrected chi connectivity index (χ1v) is 6.56. The molecule has 1 aliphatic carbocycles. The molecule has 0 bridgehead atoms. The average Bonchev–Trinajstić information content (AvgIpc) is 2.35. The zero-order chi connectivity index (χ0) is 13.1. The summed E-state index contributed by atoms with van der Waals surface area (Å²) in [5.74, 6) is -0.175. The summed E-state index contributed by atoms with van der Waals surface area (Å²) in [6, 6.07) is 1.28. The van der Waals surface area contributed by atoms with Crippen LogP contribution in [0.2, 0.25) is 5.15 Å². The Kier molecular flexibility index (Phi) is 4.17. The van der Waals surface area contributed by atoms with Crippen LogP contribution in [0.5, 0.6) is 0 Å². The van der Waals surface area contributed by atoms with Gasteiger partial charge in [-0.05, 0) is 37.7 Å². The van der Waals surface area contributed by atoms with Crippen LogP contribution in [-0.2, 0) is 0 Å². The number of nitrogens with one attached hydrogen (secondary N) is 1. The number of rotatable bonds is 2. The maximum absolute atomic E-state index is 13.0. The number of carbonyl (C=O) groups excluding carboxylic acids is 1. The highest BCUT2D eigenvalue weighted by molar-refractivity contribution is 6.32. The Morgan fingerprint density at radius 1 is 1.44 bits per heavy atom. The van der Waals surface area contributed by atoms with Crippen LogP contribution in [0.25, 0.3) is 0 Å². The smallest absolute Gasteiger partial charge is 0.254 e. The van der Waals surface area contributed by atoms with Crippen LogP contribution >= 0.6 is 11.6 Å². The minimum Gasteiger partial charge on any atom is -0.349 e. The molecule has 2 rings (SSSR count). The standard InChI is InChI=1S/C13H16ClFN2O/c1-8-2-4-10(5-3-8)17-13(18)11-6-9(15)7-16-12(11)14/h6-8,10H,2-5H2,1H3,(H,17,18). The molecule has 98 valence electrons. The van der Waals surface area contributed by atoms with Crippen LogP contribution in [0.1, 0.15) is 43.0 Å². The van der Waals surface area contributed by atoms with Gasteiger partial charge in [0.15, 0.2) is 0 Å². The molecular weight excluding hydrogens is 255 g/mol. The van der Waals surface area contributed by atoms with Gasteiger partial charge < -0.3 is 5.32 Å². The van der Waals surface area contributed by atoms with Crippen LogP contribution in [0, 0.1) is 11.7 Å². The summed E-state index contributed by atoms with van der Waals surface area (Å²) in [5, 5.41) is 2.93. The van der Waals surface area contributed by atoms with Gasteiger partial charge in [0.1, 0.15) is 11.0 Å². The van der Waals surface area contributed by atoms with Crippen molar-refractivity contribution in [3.63, 3.8) is 0 Å². The van der Waals surface area contributed by atoms with Crippen molar-refractivity contribution in [2.24, 2.45) is 5.92 Å². The average molecular weight is 271 g/mol. The number of nitrogens with zero attached hydrogens (tertiary/aromatic N) is 1. The first-order chi connectivity index (χ1) is 8.56. The number of amides is 1. The first-order valence-electron chi connectivity index (χ1n) is 6.18. The molecule has 1 fully saturated rings. The van der Waals surface area contributed by atoms with E-state index in [-0.39, 0.29) is 22.7 Å². The molecule has 0 radical (unpaired) electrons. The zero-order valence-electron chi connectivity index (χ0n) is 10.2. The molecule has 1 saturated carbocycles. The maximum atomic E-state index is 13.0. The molecule has 3 nitrogen and oxygen atoms in total. The molecular formula is C13H16ClFN2O. The highest BCUT2D eigenvalue weighted by Gasteiger charge is 2.21. The Morgan fingerprint density at radius 2 is 2.11 bits per heavy atom. The van der Waals surface area contributed by atoms with Gasteiger partial charge in [0.25, 0.3) is 5.91 Å². The largest absolute Gasteiger partial charge is 0.349 e. The van der Waals surface area contributed by atoms with Gasteiger partial charge in [-0.15, -0.1) is 0 Å². The lowest BCUT2D eigenvalue weighted by molar-refractivity contribution is 0.0922. The van der Waals surface area contributed by atoms with E-state index in [1.165, 1.54) is 0 Å². The lowest BCUT2D eigenvalue weighted by Crippen LogP contribution is -2.37. The van der Waals surface area contributed by atoms with Gasteiger partial charge in [0, 0.05) is 6.04 Å². The summed E-state index contributed by atoms with van der Waals surface area (Å²) in [7, 11) is 0. The van der Waals surface area contributed by atoms with Gasteiger partial charge in [-0.25, -0.2) is 9.37 Å². The Bertz CT molecular complexity index is 445. The second-order valence-electron chi connectivity index (χ2n) is 4.92. The molecule has 0 saturated heterocycles. The molecule has 0 aliphatic heterocycles. The van der Waals surface area contributed by atoms with Crippen LogP contribution in [0.15, 0.2) is 12.3 Å². The number of pyridine rings is 1. The van der Waals surface area contributed by atoms with Crippen molar-refractivity contribution in [1.29, 1.82) is 0 Å². The fourth-order valence-corrected chi connectivity index (χ4v) is 2.44. The second-order valence-corrected chi connectivity index (χ2v) is 5.28. The van der Waals surface area contributed by atoms with Gasteiger partial charge in [-0.3, -0.25) is 4.79 Å². The number of hydrogen-bond donors (Lipinski definition) is 1. The van der Waals surface area contributed by atoms with E-state index in [1.807, 2.05) is 0 Å². The topological polar surface area (TPSA) is 42.0 Å². The molecule has 5 heteroatoms. The van der Waals surface area contributed by atoms with Crippen molar-refractivity contribution in [1.82, 2.24) is 10.3 Å². The normalized spacial score (nSPS) is 23.7. The fraction of sp³-hybridized carbons (Fsp3) is 0.538. The third-order valence-corrected chi connectivity index (χ3v) is 3.70. The minimum atomic E-state index is -0.554. The molecule has 1 heterocycles. The third kappa shape index (κ3) is 3.19. The minimum absolute atomic E-state index is 0.0399. The third-order valence-electron chi connectivity index (χ3n) is 3.40. The number of carbonyl (C=O) groups is 1. The molecule has 1 aromatic heterocycles. The fourth-order valence-electron chi connectivity index (χ4n) is 2.25. The molecule has 0 aromatic carbocycles. The quantitative estimate of drug-likeness (QED) is 0.839. The number of aromatic nitrogens is 1. The molecule has 1 aliphatic rings. The Labute approximate surface area is 111 Å². The predicted molar refractivity (Wildman–Crippen MR) is 68.1 cm³/mol. The second kappa shape index (κ2) is 5.65. The van der Waals surface area contributed by atoms with E-state index in [4.69, 9.17) is 11.6 Å². The van der Waals surface area contributed by atoms with E-state index < -0.39 is 5.82 Å². The van der Waals surface area contributed by atoms with E-state index in [2.05, 4.69) is 17.2 Å². The van der Waals surface area contributed by atoms with E-state index in [0.717, 1.165) is 43.9 Å². The highest BCUT2D eigenvalue weighted by Crippen LogP contribution is 2.24. The molecule has 0 atom stereocenters. The monoisotopic (exact) mass is 270 g/mol. The lowest BCUT2D eigenvalue weighted by Gasteiger charge is -2.26. The number of halogens is 2. The molecule has 1 N–H and O–H groups in total. The van der Waals surface area contributed by atoms with Crippen molar-refractivity contribution in [3.8, 4) is 0 Å². The Morgan fingerprint density at radius 3 is 2.78 bits per heavy atom. The molecule has 0 spiro atoms. The van der Waals surface area contributed by atoms with Crippen molar-refractivity contribution >= 4 is 17.5 Å². The summed E-state index contributed by atoms with van der Waals surface area (Å²) in [4.78, 5) is 15.6. The van der Waals surface area contributed by atoms with Crippen LogP contribution in [0.4, 0.5) is 4.39 Å². The van der Waals surface area contributed by atoms with E-state index in [1.54, 1.807) is 0 Å². The summed E-state index contributed by atoms with van der Waals surface area (Å²) in [6.45, 7) is 2.21. The Hall–Kier alpha value is -1.16. The summed E-state index contributed by atoms with van der Waals surface area (Å²) < 4.78 is 13.0. The van der Waals surface area contributed by atoms with E-state index in [0.29, 0.717) is 0 Å². The summed E-state index contributed by atoms with van der Waals surface area (Å²) >= 11 is 5.79. The zero-order valence-corrected chi connectivity index (χ0v) is 11.0. The molecule has 0 unspecified atom stereocenters. The summed E-state index contributed by atoms with van der Waals surface area (Å²) in [6.07, 6.45) is 5.15. The van der Waals surface area contributed by atoms with E-state index >= 15 is 0 Å². The van der Waals surface area contributed by atoms with Gasteiger partial charge in [-0.2, -0.15) is 0 Å². The van der Waals surface area contributed by atoms with Gasteiger partial charge in [0.2, 0.25) is 0 Å². The van der Waals surface area contributed by atoms with Crippen molar-refractivity contribution < 1.29 is 9.18 Å². The van der Waals surface area contributed by atoms with Crippen LogP contribution in [0.3, 0.4) is 0 Å². The van der Waals surface area contributed by atoms with Crippen LogP contribution in [-0.4, -0.2) is 16.9 Å². The lowest BCUT2D eigenvalue weighted by atomic mass is 9.87. The van der Waals surface area contributed by atoms with Crippen LogP contribution < -0.4 is 5.32 Å². The molecule has 1 aromatic rings. The van der Waals surface area contributed by atoms with Crippen molar-refractivity contribution in [2.75, 3.05) is 0 Å².